The molecule has 2 nitrogen and oxygen atoms in total. The standard InChI is InChI=1S/C17H15NO/c1-12(19)16-8-9-18-11-17(16)15-7-6-13-4-2-3-5-14(13)10-15/h2-12,19H,1H3. The maximum atomic E-state index is 9.85. The minimum Gasteiger partial charge on any atom is -0.389 e. The fraction of sp³-hybridized carbons (Fsp3) is 0.118. The van der Waals surface area contributed by atoms with Gasteiger partial charge < -0.3 is 5.11 Å². The van der Waals surface area contributed by atoms with Gasteiger partial charge in [0.05, 0.1) is 6.10 Å². The average Bonchev–Trinajstić information content (AvgIpc) is 2.46. The maximum Gasteiger partial charge on any atom is 0.0769 e. The summed E-state index contributed by atoms with van der Waals surface area (Å²) in [4.78, 5) is 4.17. The molecule has 0 aliphatic heterocycles. The van der Waals surface area contributed by atoms with Crippen molar-refractivity contribution in [1.82, 2.24) is 4.98 Å². The summed E-state index contributed by atoms with van der Waals surface area (Å²) >= 11 is 0. The molecule has 1 heterocycles. The Morgan fingerprint density at radius 3 is 2.58 bits per heavy atom. The van der Waals surface area contributed by atoms with Crippen LogP contribution in [0, 0.1) is 0 Å². The third-order valence-corrected chi connectivity index (χ3v) is 3.37. The molecule has 1 unspecified atom stereocenters. The summed E-state index contributed by atoms with van der Waals surface area (Å²) in [5.41, 5.74) is 2.98. The van der Waals surface area contributed by atoms with Gasteiger partial charge in [0.25, 0.3) is 0 Å². The lowest BCUT2D eigenvalue weighted by Gasteiger charge is -2.12. The molecule has 0 saturated heterocycles. The van der Waals surface area contributed by atoms with Crippen molar-refractivity contribution in [3.63, 3.8) is 0 Å². The summed E-state index contributed by atoms with van der Waals surface area (Å²) in [7, 11) is 0. The van der Waals surface area contributed by atoms with Crippen LogP contribution < -0.4 is 0 Å². The summed E-state index contributed by atoms with van der Waals surface area (Å²) in [5, 5.41) is 12.3. The van der Waals surface area contributed by atoms with Crippen molar-refractivity contribution in [3.05, 3.63) is 66.5 Å². The summed E-state index contributed by atoms with van der Waals surface area (Å²) in [6.45, 7) is 1.78. The first-order chi connectivity index (χ1) is 9.25. The molecule has 0 radical (unpaired) electrons. The van der Waals surface area contributed by atoms with Crippen LogP contribution in [0.15, 0.2) is 60.9 Å². The van der Waals surface area contributed by atoms with Gasteiger partial charge in [0.2, 0.25) is 0 Å². The highest BCUT2D eigenvalue weighted by atomic mass is 16.3. The molecule has 2 heteroatoms. The van der Waals surface area contributed by atoms with E-state index < -0.39 is 6.10 Å². The smallest absolute Gasteiger partial charge is 0.0769 e. The highest BCUT2D eigenvalue weighted by molar-refractivity contribution is 5.87. The van der Waals surface area contributed by atoms with E-state index in [1.165, 1.54) is 10.8 Å². The third kappa shape index (κ3) is 2.23. The van der Waals surface area contributed by atoms with Crippen molar-refractivity contribution in [2.24, 2.45) is 0 Å². The molecule has 2 aromatic carbocycles. The zero-order chi connectivity index (χ0) is 13.2. The highest BCUT2D eigenvalue weighted by Crippen LogP contribution is 2.29. The molecule has 0 amide bonds. The number of rotatable bonds is 2. The molecule has 94 valence electrons. The number of aliphatic hydroxyl groups is 1. The van der Waals surface area contributed by atoms with E-state index in [-0.39, 0.29) is 0 Å². The van der Waals surface area contributed by atoms with Crippen LogP contribution in [0.4, 0.5) is 0 Å². The summed E-state index contributed by atoms with van der Waals surface area (Å²) in [6.07, 6.45) is 3.03. The predicted octanol–water partition coefficient (Wildman–Crippen LogP) is 3.96. The van der Waals surface area contributed by atoms with Gasteiger partial charge in [0.15, 0.2) is 0 Å². The van der Waals surface area contributed by atoms with Gasteiger partial charge >= 0.3 is 0 Å². The van der Waals surface area contributed by atoms with Crippen LogP contribution in [0.2, 0.25) is 0 Å². The van der Waals surface area contributed by atoms with Gasteiger partial charge in [-0.15, -0.1) is 0 Å². The van der Waals surface area contributed by atoms with E-state index in [0.29, 0.717) is 0 Å². The van der Waals surface area contributed by atoms with E-state index in [1.54, 1.807) is 13.1 Å². The van der Waals surface area contributed by atoms with Gasteiger partial charge in [-0.3, -0.25) is 4.98 Å². The molecule has 19 heavy (non-hydrogen) atoms. The van der Waals surface area contributed by atoms with Gasteiger partial charge in [-0.25, -0.2) is 0 Å². The van der Waals surface area contributed by atoms with E-state index in [0.717, 1.165) is 16.7 Å². The first-order valence-corrected chi connectivity index (χ1v) is 6.37. The normalized spacial score (nSPS) is 12.5. The van der Waals surface area contributed by atoms with Crippen LogP contribution in [0.3, 0.4) is 0 Å². The Morgan fingerprint density at radius 1 is 1.00 bits per heavy atom. The van der Waals surface area contributed by atoms with Crippen molar-refractivity contribution >= 4 is 10.8 Å². The lowest BCUT2D eigenvalue weighted by molar-refractivity contribution is 0.200. The minimum absolute atomic E-state index is 0.496. The van der Waals surface area contributed by atoms with E-state index in [1.807, 2.05) is 24.4 Å². The van der Waals surface area contributed by atoms with E-state index in [2.05, 4.69) is 35.3 Å². The molecular formula is C17H15NO. The van der Waals surface area contributed by atoms with Crippen LogP contribution in [0.5, 0.6) is 0 Å². The Morgan fingerprint density at radius 2 is 1.79 bits per heavy atom. The van der Waals surface area contributed by atoms with Gasteiger partial charge in [0.1, 0.15) is 0 Å². The van der Waals surface area contributed by atoms with Crippen molar-refractivity contribution in [1.29, 1.82) is 0 Å². The Balaban J connectivity index is 2.19. The number of aromatic nitrogens is 1. The lowest BCUT2D eigenvalue weighted by atomic mass is 9.97. The van der Waals surface area contributed by atoms with Crippen molar-refractivity contribution in [2.75, 3.05) is 0 Å². The van der Waals surface area contributed by atoms with Crippen molar-refractivity contribution < 1.29 is 5.11 Å². The minimum atomic E-state index is -0.496. The molecule has 1 aromatic heterocycles. The average molecular weight is 249 g/mol. The number of nitrogens with zero attached hydrogens (tertiary/aromatic N) is 1. The van der Waals surface area contributed by atoms with Crippen molar-refractivity contribution in [2.45, 2.75) is 13.0 Å². The largest absolute Gasteiger partial charge is 0.389 e. The topological polar surface area (TPSA) is 33.1 Å². The Bertz CT molecular complexity index is 719. The number of benzene rings is 2. The Kier molecular flexibility index (Phi) is 3.02. The molecule has 3 aromatic rings. The number of pyridine rings is 1. The molecule has 0 spiro atoms. The van der Waals surface area contributed by atoms with Crippen LogP contribution in [-0.2, 0) is 0 Å². The first kappa shape index (κ1) is 11.9. The third-order valence-electron chi connectivity index (χ3n) is 3.37. The first-order valence-electron chi connectivity index (χ1n) is 6.37. The SMILES string of the molecule is CC(O)c1ccncc1-c1ccc2ccccc2c1. The summed E-state index contributed by atoms with van der Waals surface area (Å²) in [5.74, 6) is 0. The molecular weight excluding hydrogens is 234 g/mol. The molecule has 0 bridgehead atoms. The van der Waals surface area contributed by atoms with E-state index in [9.17, 15) is 5.11 Å². The molecule has 3 rings (SSSR count). The Hall–Kier alpha value is -2.19. The van der Waals surface area contributed by atoms with Crippen molar-refractivity contribution in [3.8, 4) is 11.1 Å². The van der Waals surface area contributed by atoms with Gasteiger partial charge in [-0.05, 0) is 41.0 Å². The Labute approximate surface area is 112 Å². The molecule has 0 aliphatic rings. The second-order valence-electron chi connectivity index (χ2n) is 4.70. The van der Waals surface area contributed by atoms with Crippen LogP contribution in [0.25, 0.3) is 21.9 Å². The van der Waals surface area contributed by atoms with Crippen LogP contribution >= 0.6 is 0 Å². The number of hydrogen-bond acceptors (Lipinski definition) is 2. The fourth-order valence-electron chi connectivity index (χ4n) is 2.37. The maximum absolute atomic E-state index is 9.85. The number of hydrogen-bond donors (Lipinski definition) is 1. The molecule has 0 saturated carbocycles. The number of fused-ring (bicyclic) bond motifs is 1. The van der Waals surface area contributed by atoms with Crippen LogP contribution in [0.1, 0.15) is 18.6 Å². The fourth-order valence-corrected chi connectivity index (χ4v) is 2.37. The zero-order valence-corrected chi connectivity index (χ0v) is 10.7. The second kappa shape index (κ2) is 4.82. The summed E-state index contributed by atoms with van der Waals surface area (Å²) < 4.78 is 0. The molecule has 0 fully saturated rings. The summed E-state index contributed by atoms with van der Waals surface area (Å²) in [6, 6.07) is 16.4. The van der Waals surface area contributed by atoms with Gasteiger partial charge in [-0.1, -0.05) is 36.4 Å². The number of aliphatic hydroxyl groups excluding tert-OH is 1. The molecule has 1 atom stereocenters. The van der Waals surface area contributed by atoms with Gasteiger partial charge in [0, 0.05) is 18.0 Å². The molecule has 1 N–H and O–H groups in total. The predicted molar refractivity (Wildman–Crippen MR) is 77.8 cm³/mol. The van der Waals surface area contributed by atoms with Crippen LogP contribution in [-0.4, -0.2) is 10.1 Å². The highest BCUT2D eigenvalue weighted by Gasteiger charge is 2.09. The quantitative estimate of drug-likeness (QED) is 0.745. The zero-order valence-electron chi connectivity index (χ0n) is 10.7. The van der Waals surface area contributed by atoms with E-state index in [4.69, 9.17) is 0 Å². The second-order valence-corrected chi connectivity index (χ2v) is 4.70. The van der Waals surface area contributed by atoms with Gasteiger partial charge in [-0.2, -0.15) is 0 Å². The monoisotopic (exact) mass is 249 g/mol. The molecule has 0 aliphatic carbocycles. The lowest BCUT2D eigenvalue weighted by Crippen LogP contribution is -1.95. The van der Waals surface area contributed by atoms with E-state index >= 15 is 0 Å².